The van der Waals surface area contributed by atoms with E-state index in [1.807, 2.05) is 0 Å². The van der Waals surface area contributed by atoms with Crippen LogP contribution in [0.3, 0.4) is 0 Å². The van der Waals surface area contributed by atoms with Crippen molar-refractivity contribution in [3.05, 3.63) is 0 Å². The standard InChI is InChI=1S/C10H24N2OSi/c1-4-7-10(11,12)9-6-5-8-14(2,3)13-9/h9H,4-8,11-12H2,1-3H3. The molecule has 0 spiro atoms. The zero-order chi connectivity index (χ0) is 10.8. The third-order valence-electron chi connectivity index (χ3n) is 2.99. The normalized spacial score (nSPS) is 27.6. The van der Waals surface area contributed by atoms with E-state index in [-0.39, 0.29) is 6.10 Å². The highest BCUT2D eigenvalue weighted by Gasteiger charge is 2.39. The van der Waals surface area contributed by atoms with Crippen LogP contribution in [0, 0.1) is 0 Å². The highest BCUT2D eigenvalue weighted by molar-refractivity contribution is 6.71. The summed E-state index contributed by atoms with van der Waals surface area (Å²) in [7, 11) is -1.45. The third-order valence-corrected chi connectivity index (χ3v) is 5.47. The van der Waals surface area contributed by atoms with Crippen molar-refractivity contribution in [2.45, 2.75) is 63.5 Å². The summed E-state index contributed by atoms with van der Waals surface area (Å²) in [4.78, 5) is 0. The maximum Gasteiger partial charge on any atom is 0.187 e. The van der Waals surface area contributed by atoms with Gasteiger partial charge in [-0.25, -0.2) is 0 Å². The molecule has 0 bridgehead atoms. The number of nitrogens with two attached hydrogens (primary N) is 2. The Morgan fingerprint density at radius 3 is 2.57 bits per heavy atom. The second-order valence-electron chi connectivity index (χ2n) is 5.12. The first-order valence-corrected chi connectivity index (χ1v) is 8.74. The van der Waals surface area contributed by atoms with Gasteiger partial charge in [0.1, 0.15) is 0 Å². The summed E-state index contributed by atoms with van der Waals surface area (Å²) in [6.45, 7) is 6.61. The first kappa shape index (κ1) is 12.2. The second kappa shape index (κ2) is 4.31. The molecular formula is C10H24N2OSi. The van der Waals surface area contributed by atoms with Gasteiger partial charge in [0.25, 0.3) is 0 Å². The van der Waals surface area contributed by atoms with E-state index in [0.29, 0.717) is 0 Å². The largest absolute Gasteiger partial charge is 0.411 e. The molecule has 0 saturated carbocycles. The molecule has 1 aliphatic rings. The first-order valence-electron chi connectivity index (χ1n) is 5.63. The van der Waals surface area contributed by atoms with Gasteiger partial charge in [-0.15, -0.1) is 0 Å². The van der Waals surface area contributed by atoms with Crippen molar-refractivity contribution in [1.29, 1.82) is 0 Å². The molecule has 0 aromatic carbocycles. The van der Waals surface area contributed by atoms with Crippen LogP contribution in [0.2, 0.25) is 19.1 Å². The molecule has 0 aromatic heterocycles. The topological polar surface area (TPSA) is 61.3 Å². The molecule has 0 radical (unpaired) electrons. The number of rotatable bonds is 3. The summed E-state index contributed by atoms with van der Waals surface area (Å²) < 4.78 is 6.08. The zero-order valence-electron chi connectivity index (χ0n) is 9.68. The maximum absolute atomic E-state index is 6.10. The SMILES string of the molecule is CCCC(N)(N)C1CCC[Si](C)(C)O1. The lowest BCUT2D eigenvalue weighted by Gasteiger charge is -2.42. The van der Waals surface area contributed by atoms with Gasteiger partial charge in [0, 0.05) is 0 Å². The van der Waals surface area contributed by atoms with Crippen molar-refractivity contribution in [2.75, 3.05) is 0 Å². The van der Waals surface area contributed by atoms with E-state index in [4.69, 9.17) is 15.9 Å². The lowest BCUT2D eigenvalue weighted by atomic mass is 9.96. The summed E-state index contributed by atoms with van der Waals surface area (Å²) in [6.07, 6.45) is 4.21. The van der Waals surface area contributed by atoms with Gasteiger partial charge in [-0.3, -0.25) is 0 Å². The Hall–Kier alpha value is 0.0969. The van der Waals surface area contributed by atoms with Crippen LogP contribution in [-0.4, -0.2) is 20.1 Å². The highest BCUT2D eigenvalue weighted by Crippen LogP contribution is 2.30. The third kappa shape index (κ3) is 3.05. The van der Waals surface area contributed by atoms with Crippen molar-refractivity contribution >= 4 is 8.32 Å². The Morgan fingerprint density at radius 2 is 2.07 bits per heavy atom. The molecule has 84 valence electrons. The molecule has 0 aromatic rings. The Kier molecular flexibility index (Phi) is 3.74. The van der Waals surface area contributed by atoms with Crippen LogP contribution in [0.15, 0.2) is 0 Å². The molecule has 1 fully saturated rings. The van der Waals surface area contributed by atoms with Crippen LogP contribution in [-0.2, 0) is 4.43 Å². The van der Waals surface area contributed by atoms with Gasteiger partial charge in [-0.2, -0.15) is 0 Å². The highest BCUT2D eigenvalue weighted by atomic mass is 28.4. The molecule has 1 saturated heterocycles. The Morgan fingerprint density at radius 1 is 1.43 bits per heavy atom. The smallest absolute Gasteiger partial charge is 0.187 e. The van der Waals surface area contributed by atoms with E-state index in [2.05, 4.69) is 20.0 Å². The Bertz CT molecular complexity index is 195. The summed E-state index contributed by atoms with van der Waals surface area (Å²) in [6, 6.07) is 1.24. The van der Waals surface area contributed by atoms with Crippen molar-refractivity contribution in [1.82, 2.24) is 0 Å². The van der Waals surface area contributed by atoms with Gasteiger partial charge in [-0.1, -0.05) is 19.8 Å². The van der Waals surface area contributed by atoms with E-state index < -0.39 is 14.0 Å². The molecule has 4 N–H and O–H groups in total. The molecule has 1 unspecified atom stereocenters. The van der Waals surface area contributed by atoms with Crippen molar-refractivity contribution in [2.24, 2.45) is 11.5 Å². The van der Waals surface area contributed by atoms with Crippen LogP contribution < -0.4 is 11.5 Å². The minimum atomic E-state index is -1.45. The number of hydrogen-bond donors (Lipinski definition) is 2. The summed E-state index contributed by atoms with van der Waals surface area (Å²) in [5, 5.41) is 0. The zero-order valence-corrected chi connectivity index (χ0v) is 10.7. The van der Waals surface area contributed by atoms with Gasteiger partial charge in [0.15, 0.2) is 8.32 Å². The van der Waals surface area contributed by atoms with Crippen molar-refractivity contribution in [3.8, 4) is 0 Å². The van der Waals surface area contributed by atoms with Gasteiger partial charge < -0.3 is 15.9 Å². The number of hydrogen-bond acceptors (Lipinski definition) is 3. The fourth-order valence-corrected chi connectivity index (χ4v) is 4.47. The van der Waals surface area contributed by atoms with E-state index >= 15 is 0 Å². The predicted octanol–water partition coefficient (Wildman–Crippen LogP) is 1.78. The van der Waals surface area contributed by atoms with Crippen LogP contribution in [0.1, 0.15) is 32.6 Å². The lowest BCUT2D eigenvalue weighted by Crippen LogP contribution is -2.63. The molecule has 14 heavy (non-hydrogen) atoms. The Labute approximate surface area is 88.3 Å². The summed E-state index contributed by atoms with van der Waals surface area (Å²) >= 11 is 0. The van der Waals surface area contributed by atoms with E-state index in [9.17, 15) is 0 Å². The average molecular weight is 216 g/mol. The van der Waals surface area contributed by atoms with Gasteiger partial charge in [0.05, 0.1) is 11.8 Å². The lowest BCUT2D eigenvalue weighted by molar-refractivity contribution is 0.0742. The summed E-state index contributed by atoms with van der Waals surface area (Å²) in [5.74, 6) is 0. The predicted molar refractivity (Wildman–Crippen MR) is 62.4 cm³/mol. The maximum atomic E-state index is 6.10. The molecule has 1 atom stereocenters. The van der Waals surface area contributed by atoms with E-state index in [0.717, 1.165) is 19.3 Å². The Balaban J connectivity index is 2.59. The molecule has 3 nitrogen and oxygen atoms in total. The van der Waals surface area contributed by atoms with Crippen LogP contribution in [0.4, 0.5) is 0 Å². The van der Waals surface area contributed by atoms with Crippen molar-refractivity contribution < 1.29 is 4.43 Å². The average Bonchev–Trinajstić information content (AvgIpc) is 2.02. The quantitative estimate of drug-likeness (QED) is 0.558. The first-order chi connectivity index (χ1) is 6.37. The molecular weight excluding hydrogens is 192 g/mol. The molecule has 1 aliphatic heterocycles. The molecule has 4 heteroatoms. The van der Waals surface area contributed by atoms with Gasteiger partial charge >= 0.3 is 0 Å². The van der Waals surface area contributed by atoms with Crippen molar-refractivity contribution in [3.63, 3.8) is 0 Å². The summed E-state index contributed by atoms with van der Waals surface area (Å²) in [5.41, 5.74) is 11.6. The monoisotopic (exact) mass is 216 g/mol. The van der Waals surface area contributed by atoms with E-state index in [1.54, 1.807) is 0 Å². The molecule has 1 rings (SSSR count). The van der Waals surface area contributed by atoms with Crippen LogP contribution >= 0.6 is 0 Å². The van der Waals surface area contributed by atoms with Gasteiger partial charge in [-0.05, 0) is 32.0 Å². The minimum Gasteiger partial charge on any atom is -0.411 e. The van der Waals surface area contributed by atoms with Crippen LogP contribution in [0.5, 0.6) is 0 Å². The fraction of sp³-hybridized carbons (Fsp3) is 1.00. The second-order valence-corrected chi connectivity index (χ2v) is 9.38. The molecule has 0 aliphatic carbocycles. The fourth-order valence-electron chi connectivity index (χ4n) is 2.19. The van der Waals surface area contributed by atoms with E-state index in [1.165, 1.54) is 12.5 Å². The van der Waals surface area contributed by atoms with Gasteiger partial charge in [0.2, 0.25) is 0 Å². The minimum absolute atomic E-state index is 0.0814. The molecule has 1 heterocycles. The molecule has 0 amide bonds. The van der Waals surface area contributed by atoms with Crippen LogP contribution in [0.25, 0.3) is 0 Å².